The Balaban J connectivity index is 1.51. The summed E-state index contributed by atoms with van der Waals surface area (Å²) in [5.74, 6) is 2.35. The molecule has 3 nitrogen and oxygen atoms in total. The van der Waals surface area contributed by atoms with Crippen LogP contribution < -0.4 is 9.47 Å². The molecule has 3 rings (SSSR count). The lowest BCUT2D eigenvalue weighted by Crippen LogP contribution is -2.14. The van der Waals surface area contributed by atoms with Gasteiger partial charge in [0.25, 0.3) is 0 Å². The molecule has 0 saturated heterocycles. The Morgan fingerprint density at radius 2 is 1.76 bits per heavy atom. The van der Waals surface area contributed by atoms with Crippen molar-refractivity contribution in [1.82, 2.24) is 4.98 Å². The van der Waals surface area contributed by atoms with Gasteiger partial charge in [0.1, 0.15) is 29.2 Å². The molecule has 0 amide bonds. The SMILES string of the molecule is CC(CSc1ccccn1)Oc1ccc(Oc2cccc(F)c2)cc1. The molecule has 0 spiro atoms. The van der Waals surface area contributed by atoms with Crippen LogP contribution in [0.1, 0.15) is 6.92 Å². The Morgan fingerprint density at radius 3 is 2.48 bits per heavy atom. The second-order valence-electron chi connectivity index (χ2n) is 5.44. The molecule has 128 valence electrons. The van der Waals surface area contributed by atoms with Crippen molar-refractivity contribution in [2.24, 2.45) is 0 Å². The molecule has 2 aromatic carbocycles. The van der Waals surface area contributed by atoms with E-state index >= 15 is 0 Å². The van der Waals surface area contributed by atoms with Gasteiger partial charge in [0.05, 0.1) is 5.03 Å². The van der Waals surface area contributed by atoms with Crippen LogP contribution in [0.3, 0.4) is 0 Å². The molecule has 0 bridgehead atoms. The Morgan fingerprint density at radius 1 is 0.960 bits per heavy atom. The second-order valence-corrected chi connectivity index (χ2v) is 6.48. The van der Waals surface area contributed by atoms with E-state index in [1.54, 1.807) is 42.2 Å². The minimum atomic E-state index is -0.323. The molecule has 5 heteroatoms. The number of rotatable bonds is 7. The summed E-state index contributed by atoms with van der Waals surface area (Å²) in [5, 5.41) is 0.983. The van der Waals surface area contributed by atoms with Gasteiger partial charge in [-0.25, -0.2) is 9.37 Å². The molecule has 0 aliphatic rings. The number of hydrogen-bond donors (Lipinski definition) is 0. The van der Waals surface area contributed by atoms with Crippen molar-refractivity contribution in [3.05, 3.63) is 78.7 Å². The van der Waals surface area contributed by atoms with Crippen molar-refractivity contribution in [2.45, 2.75) is 18.1 Å². The van der Waals surface area contributed by atoms with Gasteiger partial charge in [0.15, 0.2) is 0 Å². The van der Waals surface area contributed by atoms with E-state index in [1.165, 1.54) is 12.1 Å². The van der Waals surface area contributed by atoms with Crippen LogP contribution in [0.4, 0.5) is 4.39 Å². The maximum absolute atomic E-state index is 13.2. The first-order chi connectivity index (χ1) is 12.2. The molecule has 1 aromatic heterocycles. The lowest BCUT2D eigenvalue weighted by molar-refractivity contribution is 0.246. The van der Waals surface area contributed by atoms with Gasteiger partial charge in [0, 0.05) is 18.0 Å². The van der Waals surface area contributed by atoms with E-state index in [0.29, 0.717) is 11.5 Å². The number of aromatic nitrogens is 1. The molecular formula is C20H18FNO2S. The number of thioether (sulfide) groups is 1. The van der Waals surface area contributed by atoms with Crippen molar-refractivity contribution in [3.63, 3.8) is 0 Å². The third-order valence-electron chi connectivity index (χ3n) is 3.30. The van der Waals surface area contributed by atoms with Gasteiger partial charge < -0.3 is 9.47 Å². The lowest BCUT2D eigenvalue weighted by atomic mass is 10.3. The van der Waals surface area contributed by atoms with E-state index in [9.17, 15) is 4.39 Å². The number of pyridine rings is 1. The molecular weight excluding hydrogens is 337 g/mol. The van der Waals surface area contributed by atoms with E-state index in [-0.39, 0.29) is 11.9 Å². The number of benzene rings is 2. The molecule has 0 saturated carbocycles. The van der Waals surface area contributed by atoms with Gasteiger partial charge in [-0.1, -0.05) is 12.1 Å². The van der Waals surface area contributed by atoms with Gasteiger partial charge >= 0.3 is 0 Å². The van der Waals surface area contributed by atoms with Crippen molar-refractivity contribution in [3.8, 4) is 17.2 Å². The summed E-state index contributed by atoms with van der Waals surface area (Å²) in [7, 11) is 0. The number of nitrogens with zero attached hydrogens (tertiary/aromatic N) is 1. The molecule has 0 aliphatic heterocycles. The highest BCUT2D eigenvalue weighted by Crippen LogP contribution is 2.25. The van der Waals surface area contributed by atoms with Crippen LogP contribution in [0, 0.1) is 5.82 Å². The lowest BCUT2D eigenvalue weighted by Gasteiger charge is -2.14. The first-order valence-electron chi connectivity index (χ1n) is 7.93. The minimum absolute atomic E-state index is 0.0435. The molecule has 1 unspecified atom stereocenters. The van der Waals surface area contributed by atoms with E-state index in [4.69, 9.17) is 9.47 Å². The van der Waals surface area contributed by atoms with Crippen LogP contribution >= 0.6 is 11.8 Å². The summed E-state index contributed by atoms with van der Waals surface area (Å²) in [5.41, 5.74) is 0. The maximum Gasteiger partial charge on any atom is 0.130 e. The van der Waals surface area contributed by atoms with Gasteiger partial charge in [-0.15, -0.1) is 11.8 Å². The Bertz CT molecular complexity index is 796. The summed E-state index contributed by atoms with van der Waals surface area (Å²) >= 11 is 1.66. The normalized spacial score (nSPS) is 11.8. The first kappa shape index (κ1) is 17.3. The summed E-state index contributed by atoms with van der Waals surface area (Å²) in [6, 6.07) is 19.2. The van der Waals surface area contributed by atoms with Crippen molar-refractivity contribution in [1.29, 1.82) is 0 Å². The van der Waals surface area contributed by atoms with Crippen LogP contribution in [0.5, 0.6) is 17.2 Å². The largest absolute Gasteiger partial charge is 0.490 e. The fourth-order valence-corrected chi connectivity index (χ4v) is 2.94. The Hall–Kier alpha value is -2.53. The fraction of sp³-hybridized carbons (Fsp3) is 0.150. The Kier molecular flexibility index (Phi) is 5.90. The highest BCUT2D eigenvalue weighted by molar-refractivity contribution is 7.99. The van der Waals surface area contributed by atoms with Crippen molar-refractivity contribution < 1.29 is 13.9 Å². The Labute approximate surface area is 150 Å². The molecule has 1 heterocycles. The van der Waals surface area contributed by atoms with Gasteiger partial charge in [-0.2, -0.15) is 0 Å². The average Bonchev–Trinajstić information content (AvgIpc) is 2.63. The molecule has 25 heavy (non-hydrogen) atoms. The predicted octanol–water partition coefficient (Wildman–Crippen LogP) is 5.57. The van der Waals surface area contributed by atoms with Crippen LogP contribution in [0.2, 0.25) is 0 Å². The summed E-state index contributed by atoms with van der Waals surface area (Å²) < 4.78 is 24.7. The average molecular weight is 355 g/mol. The predicted molar refractivity (Wildman–Crippen MR) is 98.0 cm³/mol. The van der Waals surface area contributed by atoms with E-state index in [0.717, 1.165) is 16.5 Å². The summed E-state index contributed by atoms with van der Waals surface area (Å²) in [6.07, 6.45) is 1.83. The number of ether oxygens (including phenoxy) is 2. The highest BCUT2D eigenvalue weighted by atomic mass is 32.2. The molecule has 0 aliphatic carbocycles. The third kappa shape index (κ3) is 5.50. The van der Waals surface area contributed by atoms with Crippen molar-refractivity contribution in [2.75, 3.05) is 5.75 Å². The first-order valence-corrected chi connectivity index (χ1v) is 8.91. The zero-order valence-electron chi connectivity index (χ0n) is 13.8. The van der Waals surface area contributed by atoms with Crippen molar-refractivity contribution >= 4 is 11.8 Å². The number of halogens is 1. The standard InChI is InChI=1S/C20H18FNO2S/c1-15(14-25-20-7-2-3-12-22-20)23-17-8-10-18(11-9-17)24-19-6-4-5-16(21)13-19/h2-13,15H,14H2,1H3. The zero-order valence-corrected chi connectivity index (χ0v) is 14.6. The van der Waals surface area contributed by atoms with E-state index < -0.39 is 0 Å². The van der Waals surface area contributed by atoms with Gasteiger partial charge in [0.2, 0.25) is 0 Å². The van der Waals surface area contributed by atoms with E-state index in [1.807, 2.05) is 37.3 Å². The maximum atomic E-state index is 13.2. The van der Waals surface area contributed by atoms with Gasteiger partial charge in [-0.3, -0.25) is 0 Å². The molecule has 0 N–H and O–H groups in total. The third-order valence-corrected chi connectivity index (χ3v) is 4.47. The summed E-state index contributed by atoms with van der Waals surface area (Å²) in [6.45, 7) is 2.02. The smallest absolute Gasteiger partial charge is 0.130 e. The number of hydrogen-bond acceptors (Lipinski definition) is 4. The summed E-state index contributed by atoms with van der Waals surface area (Å²) in [4.78, 5) is 4.28. The van der Waals surface area contributed by atoms with Crippen LogP contribution in [-0.4, -0.2) is 16.8 Å². The van der Waals surface area contributed by atoms with Crippen LogP contribution in [0.15, 0.2) is 78.0 Å². The topological polar surface area (TPSA) is 31.4 Å². The minimum Gasteiger partial charge on any atom is -0.490 e. The molecule has 0 fully saturated rings. The monoisotopic (exact) mass is 355 g/mol. The van der Waals surface area contributed by atoms with E-state index in [2.05, 4.69) is 4.98 Å². The van der Waals surface area contributed by atoms with Crippen LogP contribution in [0.25, 0.3) is 0 Å². The molecule has 1 atom stereocenters. The quantitative estimate of drug-likeness (QED) is 0.518. The zero-order chi connectivity index (χ0) is 17.5. The second kappa shape index (κ2) is 8.53. The van der Waals surface area contributed by atoms with Gasteiger partial charge in [-0.05, 0) is 55.5 Å². The fourth-order valence-electron chi connectivity index (χ4n) is 2.15. The highest BCUT2D eigenvalue weighted by Gasteiger charge is 2.06. The molecule has 3 aromatic rings. The van der Waals surface area contributed by atoms with Crippen LogP contribution in [-0.2, 0) is 0 Å². The molecule has 0 radical (unpaired) electrons.